The summed E-state index contributed by atoms with van der Waals surface area (Å²) < 4.78 is 0. The Bertz CT molecular complexity index is 232. The van der Waals surface area contributed by atoms with Crippen LogP contribution in [0.4, 0.5) is 5.69 Å². The number of nitrogens with one attached hydrogen (secondary N) is 1. The standard InChI is InChI=1S/C8H9NO/c1-2-7-4-3-5-8(6-7)9-10/h2-6,9-10H,1H2. The van der Waals surface area contributed by atoms with E-state index in [1.165, 1.54) is 0 Å². The Morgan fingerprint density at radius 2 is 2.30 bits per heavy atom. The van der Waals surface area contributed by atoms with Crippen LogP contribution in [0.5, 0.6) is 0 Å². The molecule has 0 aliphatic carbocycles. The Hall–Kier alpha value is -1.28. The molecule has 0 bridgehead atoms. The lowest BCUT2D eigenvalue weighted by atomic mass is 10.2. The monoisotopic (exact) mass is 135 g/mol. The van der Waals surface area contributed by atoms with Gasteiger partial charge in [0, 0.05) is 0 Å². The zero-order valence-corrected chi connectivity index (χ0v) is 5.54. The Balaban J connectivity index is 2.98. The molecular weight excluding hydrogens is 126 g/mol. The first-order chi connectivity index (χ1) is 4.86. The summed E-state index contributed by atoms with van der Waals surface area (Å²) in [6, 6.07) is 7.32. The van der Waals surface area contributed by atoms with Gasteiger partial charge in [0.25, 0.3) is 0 Å². The zero-order valence-electron chi connectivity index (χ0n) is 5.54. The van der Waals surface area contributed by atoms with E-state index in [9.17, 15) is 0 Å². The molecule has 2 N–H and O–H groups in total. The van der Waals surface area contributed by atoms with Crippen molar-refractivity contribution in [3.05, 3.63) is 36.4 Å². The van der Waals surface area contributed by atoms with Gasteiger partial charge in [-0.15, -0.1) is 0 Å². The van der Waals surface area contributed by atoms with E-state index in [1.54, 1.807) is 18.2 Å². The third kappa shape index (κ3) is 1.36. The van der Waals surface area contributed by atoms with Crippen LogP contribution in [0.1, 0.15) is 5.56 Å². The second kappa shape index (κ2) is 3.03. The van der Waals surface area contributed by atoms with Gasteiger partial charge in [-0.05, 0) is 17.7 Å². The van der Waals surface area contributed by atoms with Crippen molar-refractivity contribution in [2.24, 2.45) is 0 Å². The maximum atomic E-state index is 8.47. The second-order valence-corrected chi connectivity index (χ2v) is 1.94. The lowest BCUT2D eigenvalue weighted by Gasteiger charge is -1.97. The van der Waals surface area contributed by atoms with Crippen LogP contribution in [0.2, 0.25) is 0 Å². The highest BCUT2D eigenvalue weighted by molar-refractivity contribution is 5.54. The number of hydrogen-bond donors (Lipinski definition) is 2. The van der Waals surface area contributed by atoms with Crippen molar-refractivity contribution in [2.45, 2.75) is 0 Å². The molecule has 1 aromatic carbocycles. The summed E-state index contributed by atoms with van der Waals surface area (Å²) >= 11 is 0. The van der Waals surface area contributed by atoms with Crippen LogP contribution >= 0.6 is 0 Å². The third-order valence-electron chi connectivity index (χ3n) is 1.25. The molecule has 10 heavy (non-hydrogen) atoms. The van der Waals surface area contributed by atoms with Gasteiger partial charge in [-0.1, -0.05) is 24.8 Å². The molecule has 0 heterocycles. The maximum absolute atomic E-state index is 8.47. The molecule has 0 saturated heterocycles. The van der Waals surface area contributed by atoms with Crippen LogP contribution in [0.25, 0.3) is 6.08 Å². The summed E-state index contributed by atoms with van der Waals surface area (Å²) in [4.78, 5) is 0. The predicted molar refractivity (Wildman–Crippen MR) is 41.9 cm³/mol. The highest BCUT2D eigenvalue weighted by Crippen LogP contribution is 2.09. The van der Waals surface area contributed by atoms with E-state index in [-0.39, 0.29) is 0 Å². The van der Waals surface area contributed by atoms with Crippen LogP contribution < -0.4 is 5.48 Å². The fourth-order valence-electron chi connectivity index (χ4n) is 0.735. The summed E-state index contributed by atoms with van der Waals surface area (Å²) in [7, 11) is 0. The number of anilines is 1. The minimum absolute atomic E-state index is 0.678. The van der Waals surface area contributed by atoms with Gasteiger partial charge in [0.2, 0.25) is 0 Å². The molecule has 0 atom stereocenters. The number of rotatable bonds is 2. The van der Waals surface area contributed by atoms with Gasteiger partial charge in [0.05, 0.1) is 5.69 Å². The molecule has 0 unspecified atom stereocenters. The van der Waals surface area contributed by atoms with E-state index in [4.69, 9.17) is 5.21 Å². The molecule has 2 nitrogen and oxygen atoms in total. The SMILES string of the molecule is C=Cc1cccc(NO)c1. The van der Waals surface area contributed by atoms with Crippen LogP contribution in [0.15, 0.2) is 30.8 Å². The van der Waals surface area contributed by atoms with E-state index in [2.05, 4.69) is 12.1 Å². The number of benzene rings is 1. The molecule has 0 spiro atoms. The Morgan fingerprint density at radius 3 is 2.90 bits per heavy atom. The normalized spacial score (nSPS) is 8.90. The van der Waals surface area contributed by atoms with Crippen molar-refractivity contribution in [2.75, 3.05) is 5.48 Å². The van der Waals surface area contributed by atoms with Crippen molar-refractivity contribution < 1.29 is 5.21 Å². The zero-order chi connectivity index (χ0) is 7.40. The summed E-state index contributed by atoms with van der Waals surface area (Å²) in [5.41, 5.74) is 3.72. The Morgan fingerprint density at radius 1 is 1.50 bits per heavy atom. The molecule has 0 saturated carbocycles. The van der Waals surface area contributed by atoms with Crippen molar-refractivity contribution >= 4 is 11.8 Å². The smallest absolute Gasteiger partial charge is 0.0608 e. The van der Waals surface area contributed by atoms with Gasteiger partial charge >= 0.3 is 0 Å². The summed E-state index contributed by atoms with van der Waals surface area (Å²) in [5.74, 6) is 0. The first kappa shape index (κ1) is 6.83. The van der Waals surface area contributed by atoms with Gasteiger partial charge in [-0.2, -0.15) is 0 Å². The van der Waals surface area contributed by atoms with Crippen molar-refractivity contribution in [1.82, 2.24) is 0 Å². The summed E-state index contributed by atoms with van der Waals surface area (Å²) in [5, 5.41) is 8.47. The molecule has 0 amide bonds. The molecule has 0 radical (unpaired) electrons. The van der Waals surface area contributed by atoms with Crippen LogP contribution in [-0.4, -0.2) is 5.21 Å². The molecule has 0 fully saturated rings. The van der Waals surface area contributed by atoms with Gasteiger partial charge in [0.15, 0.2) is 0 Å². The average molecular weight is 135 g/mol. The Labute approximate surface area is 59.8 Å². The topological polar surface area (TPSA) is 32.3 Å². The highest BCUT2D eigenvalue weighted by atomic mass is 16.5. The highest BCUT2D eigenvalue weighted by Gasteiger charge is 1.87. The lowest BCUT2D eigenvalue weighted by molar-refractivity contribution is 0.389. The fraction of sp³-hybridized carbons (Fsp3) is 0. The van der Waals surface area contributed by atoms with Crippen LogP contribution in [-0.2, 0) is 0 Å². The van der Waals surface area contributed by atoms with E-state index >= 15 is 0 Å². The van der Waals surface area contributed by atoms with Crippen LogP contribution in [0, 0.1) is 0 Å². The van der Waals surface area contributed by atoms with Gasteiger partial charge in [-0.25, -0.2) is 0 Å². The molecule has 2 heteroatoms. The fourth-order valence-corrected chi connectivity index (χ4v) is 0.735. The van der Waals surface area contributed by atoms with Crippen LogP contribution in [0.3, 0.4) is 0 Å². The first-order valence-electron chi connectivity index (χ1n) is 2.99. The molecule has 1 rings (SSSR count). The minimum Gasteiger partial charge on any atom is -0.291 e. The summed E-state index contributed by atoms with van der Waals surface area (Å²) in [6.45, 7) is 3.60. The van der Waals surface area contributed by atoms with Gasteiger partial charge < -0.3 is 0 Å². The third-order valence-corrected chi connectivity index (χ3v) is 1.25. The van der Waals surface area contributed by atoms with E-state index in [0.717, 1.165) is 5.56 Å². The second-order valence-electron chi connectivity index (χ2n) is 1.94. The largest absolute Gasteiger partial charge is 0.291 e. The molecule has 1 aromatic rings. The minimum atomic E-state index is 0.678. The van der Waals surface area contributed by atoms with E-state index in [0.29, 0.717) is 5.69 Å². The molecule has 0 aliphatic rings. The summed E-state index contributed by atoms with van der Waals surface area (Å²) in [6.07, 6.45) is 1.72. The van der Waals surface area contributed by atoms with Gasteiger partial charge in [0.1, 0.15) is 0 Å². The maximum Gasteiger partial charge on any atom is 0.0608 e. The quantitative estimate of drug-likeness (QED) is 0.609. The number of hydrogen-bond acceptors (Lipinski definition) is 2. The van der Waals surface area contributed by atoms with Crippen molar-refractivity contribution in [3.63, 3.8) is 0 Å². The molecular formula is C8H9NO. The Kier molecular flexibility index (Phi) is 2.07. The lowest BCUT2D eigenvalue weighted by Crippen LogP contribution is -1.87. The predicted octanol–water partition coefficient (Wildman–Crippen LogP) is 2.13. The molecule has 0 aromatic heterocycles. The van der Waals surface area contributed by atoms with E-state index in [1.807, 2.05) is 12.1 Å². The molecule has 52 valence electrons. The van der Waals surface area contributed by atoms with E-state index < -0.39 is 0 Å². The molecule has 0 aliphatic heterocycles. The van der Waals surface area contributed by atoms with Crippen molar-refractivity contribution in [1.29, 1.82) is 0 Å². The van der Waals surface area contributed by atoms with Crippen molar-refractivity contribution in [3.8, 4) is 0 Å². The first-order valence-corrected chi connectivity index (χ1v) is 2.99. The average Bonchev–Trinajstić information content (AvgIpc) is 2.05. The van der Waals surface area contributed by atoms with Gasteiger partial charge in [-0.3, -0.25) is 10.7 Å².